The van der Waals surface area contributed by atoms with Crippen LogP contribution < -0.4 is 11.3 Å². The molecule has 4 heteroatoms. The van der Waals surface area contributed by atoms with Gasteiger partial charge in [0.1, 0.15) is 0 Å². The highest BCUT2D eigenvalue weighted by molar-refractivity contribution is 5.13. The van der Waals surface area contributed by atoms with Crippen molar-refractivity contribution in [2.45, 2.75) is 65.5 Å². The molecular weight excluding hydrogens is 212 g/mol. The Bertz CT molecular complexity index is 319. The zero-order chi connectivity index (χ0) is 12.7. The molecule has 0 aliphatic heterocycles. The van der Waals surface area contributed by atoms with E-state index in [-0.39, 0.29) is 6.04 Å². The molecule has 0 aliphatic rings. The van der Waals surface area contributed by atoms with Crippen molar-refractivity contribution in [1.29, 1.82) is 0 Å². The SMILES string of the molecule is CCCCCCC(NN)c1cc(C)nn1CC. The summed E-state index contributed by atoms with van der Waals surface area (Å²) >= 11 is 0. The van der Waals surface area contributed by atoms with Gasteiger partial charge in [0.25, 0.3) is 0 Å². The van der Waals surface area contributed by atoms with E-state index in [1.54, 1.807) is 0 Å². The van der Waals surface area contributed by atoms with Crippen molar-refractivity contribution in [2.24, 2.45) is 5.84 Å². The zero-order valence-corrected chi connectivity index (χ0v) is 11.4. The van der Waals surface area contributed by atoms with Crippen molar-refractivity contribution < 1.29 is 0 Å². The van der Waals surface area contributed by atoms with Gasteiger partial charge in [-0.1, -0.05) is 32.6 Å². The van der Waals surface area contributed by atoms with Gasteiger partial charge in [0, 0.05) is 6.54 Å². The van der Waals surface area contributed by atoms with E-state index in [0.29, 0.717) is 0 Å². The highest BCUT2D eigenvalue weighted by Crippen LogP contribution is 2.20. The first-order chi connectivity index (χ1) is 8.22. The zero-order valence-electron chi connectivity index (χ0n) is 11.4. The van der Waals surface area contributed by atoms with E-state index in [2.05, 4.69) is 30.4 Å². The largest absolute Gasteiger partial charge is 0.271 e. The number of hydrogen-bond donors (Lipinski definition) is 2. The summed E-state index contributed by atoms with van der Waals surface area (Å²) in [5.41, 5.74) is 5.20. The molecule has 0 amide bonds. The average molecular weight is 238 g/mol. The van der Waals surface area contributed by atoms with E-state index >= 15 is 0 Å². The van der Waals surface area contributed by atoms with Gasteiger partial charge in [0.05, 0.1) is 17.4 Å². The van der Waals surface area contributed by atoms with Gasteiger partial charge in [0.15, 0.2) is 0 Å². The Hall–Kier alpha value is -0.870. The Morgan fingerprint density at radius 3 is 2.71 bits per heavy atom. The Kier molecular flexibility index (Phi) is 6.22. The summed E-state index contributed by atoms with van der Waals surface area (Å²) in [6, 6.07) is 2.36. The van der Waals surface area contributed by atoms with Crippen molar-refractivity contribution in [2.75, 3.05) is 0 Å². The predicted octanol–water partition coefficient (Wildman–Crippen LogP) is 2.69. The lowest BCUT2D eigenvalue weighted by Crippen LogP contribution is -2.29. The fourth-order valence-electron chi connectivity index (χ4n) is 2.19. The van der Waals surface area contributed by atoms with Crippen LogP contribution in [0.5, 0.6) is 0 Å². The van der Waals surface area contributed by atoms with E-state index in [4.69, 9.17) is 5.84 Å². The first kappa shape index (κ1) is 14.2. The van der Waals surface area contributed by atoms with Gasteiger partial charge < -0.3 is 0 Å². The number of aromatic nitrogens is 2. The maximum Gasteiger partial charge on any atom is 0.0629 e. The van der Waals surface area contributed by atoms with Gasteiger partial charge in [0.2, 0.25) is 0 Å². The van der Waals surface area contributed by atoms with Crippen molar-refractivity contribution in [3.8, 4) is 0 Å². The Balaban J connectivity index is 2.59. The van der Waals surface area contributed by atoms with Crippen molar-refractivity contribution >= 4 is 0 Å². The van der Waals surface area contributed by atoms with Gasteiger partial charge in [-0.2, -0.15) is 5.10 Å². The molecule has 0 bridgehead atoms. The summed E-state index contributed by atoms with van der Waals surface area (Å²) in [5.74, 6) is 5.66. The third kappa shape index (κ3) is 4.13. The van der Waals surface area contributed by atoms with E-state index in [9.17, 15) is 0 Å². The summed E-state index contributed by atoms with van der Waals surface area (Å²) in [6.07, 6.45) is 6.17. The lowest BCUT2D eigenvalue weighted by Gasteiger charge is -2.16. The second-order valence-corrected chi connectivity index (χ2v) is 4.59. The van der Waals surface area contributed by atoms with Crippen LogP contribution in [0.25, 0.3) is 0 Å². The Morgan fingerprint density at radius 2 is 2.12 bits per heavy atom. The maximum atomic E-state index is 5.66. The van der Waals surface area contributed by atoms with Crippen LogP contribution in [0.3, 0.4) is 0 Å². The van der Waals surface area contributed by atoms with Gasteiger partial charge in [-0.05, 0) is 26.3 Å². The topological polar surface area (TPSA) is 55.9 Å². The molecule has 17 heavy (non-hydrogen) atoms. The lowest BCUT2D eigenvalue weighted by molar-refractivity contribution is 0.445. The van der Waals surface area contributed by atoms with Crippen LogP contribution in [0.2, 0.25) is 0 Å². The number of nitrogens with two attached hydrogens (primary N) is 1. The fraction of sp³-hybridized carbons (Fsp3) is 0.769. The Labute approximate surface area is 105 Å². The monoisotopic (exact) mass is 238 g/mol. The molecule has 0 aromatic carbocycles. The summed E-state index contributed by atoms with van der Waals surface area (Å²) < 4.78 is 2.04. The number of hydrazine groups is 1. The minimum atomic E-state index is 0.230. The first-order valence-corrected chi connectivity index (χ1v) is 6.73. The van der Waals surface area contributed by atoms with E-state index in [0.717, 1.165) is 18.7 Å². The molecule has 4 nitrogen and oxygen atoms in total. The minimum Gasteiger partial charge on any atom is -0.271 e. The van der Waals surface area contributed by atoms with Gasteiger partial charge in [-0.15, -0.1) is 0 Å². The van der Waals surface area contributed by atoms with Crippen molar-refractivity contribution in [3.05, 3.63) is 17.5 Å². The number of nitrogens with one attached hydrogen (secondary N) is 1. The van der Waals surface area contributed by atoms with E-state index in [1.165, 1.54) is 31.4 Å². The van der Waals surface area contributed by atoms with Crippen molar-refractivity contribution in [3.63, 3.8) is 0 Å². The molecule has 1 atom stereocenters. The average Bonchev–Trinajstić information content (AvgIpc) is 2.70. The lowest BCUT2D eigenvalue weighted by atomic mass is 10.0. The van der Waals surface area contributed by atoms with Gasteiger partial charge >= 0.3 is 0 Å². The van der Waals surface area contributed by atoms with Crippen LogP contribution in [-0.4, -0.2) is 9.78 Å². The number of aryl methyl sites for hydroxylation is 2. The van der Waals surface area contributed by atoms with Crippen LogP contribution in [0.4, 0.5) is 0 Å². The molecule has 0 saturated heterocycles. The van der Waals surface area contributed by atoms with Crippen LogP contribution >= 0.6 is 0 Å². The molecule has 0 fully saturated rings. The third-order valence-corrected chi connectivity index (χ3v) is 3.14. The molecule has 98 valence electrons. The smallest absolute Gasteiger partial charge is 0.0629 e. The number of nitrogens with zero attached hydrogens (tertiary/aromatic N) is 2. The van der Waals surface area contributed by atoms with Crippen LogP contribution in [0.1, 0.15) is 63.4 Å². The van der Waals surface area contributed by atoms with Gasteiger partial charge in [-0.25, -0.2) is 0 Å². The standard InChI is InChI=1S/C13H26N4/c1-4-6-7-8-9-12(15-14)13-10-11(3)16-17(13)5-2/h10,12,15H,4-9,14H2,1-3H3. The quantitative estimate of drug-likeness (QED) is 0.416. The second-order valence-electron chi connectivity index (χ2n) is 4.59. The summed E-state index contributed by atoms with van der Waals surface area (Å²) in [6.45, 7) is 7.27. The highest BCUT2D eigenvalue weighted by atomic mass is 15.3. The maximum absolute atomic E-state index is 5.66. The second kappa shape index (κ2) is 7.45. The summed E-state index contributed by atoms with van der Waals surface area (Å²) in [4.78, 5) is 0. The van der Waals surface area contributed by atoms with Crippen molar-refractivity contribution in [1.82, 2.24) is 15.2 Å². The van der Waals surface area contributed by atoms with E-state index in [1.807, 2.05) is 11.6 Å². The van der Waals surface area contributed by atoms with E-state index < -0.39 is 0 Å². The number of unbranched alkanes of at least 4 members (excludes halogenated alkanes) is 3. The molecule has 0 spiro atoms. The molecule has 0 radical (unpaired) electrons. The molecule has 3 N–H and O–H groups in total. The molecule has 0 saturated carbocycles. The third-order valence-electron chi connectivity index (χ3n) is 3.14. The fourth-order valence-corrected chi connectivity index (χ4v) is 2.19. The number of hydrogen-bond acceptors (Lipinski definition) is 3. The minimum absolute atomic E-state index is 0.230. The molecular formula is C13H26N4. The van der Waals surface area contributed by atoms with Crippen LogP contribution in [0, 0.1) is 6.92 Å². The Morgan fingerprint density at radius 1 is 1.35 bits per heavy atom. The predicted molar refractivity (Wildman–Crippen MR) is 71.5 cm³/mol. The molecule has 1 aromatic rings. The van der Waals surface area contributed by atoms with Crippen LogP contribution in [-0.2, 0) is 6.54 Å². The normalized spacial score (nSPS) is 12.9. The number of rotatable bonds is 8. The van der Waals surface area contributed by atoms with Gasteiger partial charge in [-0.3, -0.25) is 16.0 Å². The summed E-state index contributed by atoms with van der Waals surface area (Å²) in [7, 11) is 0. The highest BCUT2D eigenvalue weighted by Gasteiger charge is 2.14. The molecule has 1 aromatic heterocycles. The molecule has 0 aliphatic carbocycles. The molecule has 1 unspecified atom stereocenters. The first-order valence-electron chi connectivity index (χ1n) is 6.73. The molecule has 1 heterocycles. The van der Waals surface area contributed by atoms with Crippen LogP contribution in [0.15, 0.2) is 6.07 Å². The molecule has 1 rings (SSSR count). The summed E-state index contributed by atoms with van der Waals surface area (Å²) in [5, 5.41) is 4.46.